The molecule has 5 heteroatoms. The van der Waals surface area contributed by atoms with Crippen molar-refractivity contribution < 1.29 is 19.0 Å². The lowest BCUT2D eigenvalue weighted by Crippen LogP contribution is -2.42. The lowest BCUT2D eigenvalue weighted by atomic mass is 9.76. The van der Waals surface area contributed by atoms with Gasteiger partial charge in [-0.3, -0.25) is 0 Å². The maximum atomic E-state index is 12.3. The van der Waals surface area contributed by atoms with Crippen LogP contribution in [0.15, 0.2) is 30.3 Å². The Kier molecular flexibility index (Phi) is 3.79. The second-order valence-electron chi connectivity index (χ2n) is 6.35. The Morgan fingerprint density at radius 3 is 2.64 bits per heavy atom. The standard InChI is InChI=1S/C20H21NO4/c1-23-16-11-13-8-9-21(20(22)25-3)15-10-12-6-4-5-7-14(12)18(17(13)15)19(16)24-2/h4-7,11,15H,8-10H2,1-3H3/t15-/m1/s1. The van der Waals surface area contributed by atoms with E-state index in [1.54, 1.807) is 14.2 Å². The molecular weight excluding hydrogens is 318 g/mol. The highest BCUT2D eigenvalue weighted by Gasteiger charge is 2.39. The fourth-order valence-corrected chi connectivity index (χ4v) is 4.17. The van der Waals surface area contributed by atoms with E-state index in [1.807, 2.05) is 23.1 Å². The van der Waals surface area contributed by atoms with Crippen LogP contribution in [0.4, 0.5) is 4.79 Å². The molecule has 25 heavy (non-hydrogen) atoms. The minimum Gasteiger partial charge on any atom is -0.493 e. The molecule has 0 N–H and O–H groups in total. The summed E-state index contributed by atoms with van der Waals surface area (Å²) in [5, 5.41) is 0. The Hall–Kier alpha value is -2.69. The van der Waals surface area contributed by atoms with Crippen LogP contribution in [0.25, 0.3) is 11.1 Å². The number of carbonyl (C=O) groups excluding carboxylic acids is 1. The van der Waals surface area contributed by atoms with Crippen molar-refractivity contribution in [2.24, 2.45) is 0 Å². The van der Waals surface area contributed by atoms with Gasteiger partial charge >= 0.3 is 6.09 Å². The van der Waals surface area contributed by atoms with Crippen molar-refractivity contribution in [1.29, 1.82) is 0 Å². The van der Waals surface area contributed by atoms with Crippen molar-refractivity contribution in [3.63, 3.8) is 0 Å². The number of hydrogen-bond donors (Lipinski definition) is 0. The SMILES string of the molecule is COC(=O)N1CCc2cc(OC)c(OC)c3c2[C@H]1Cc1ccccc1-3. The number of fused-ring (bicyclic) bond motifs is 2. The predicted octanol–water partition coefficient (Wildman–Crippen LogP) is 3.59. The molecule has 0 bridgehead atoms. The number of ether oxygens (including phenoxy) is 3. The minimum absolute atomic E-state index is 0.0408. The number of rotatable bonds is 2. The van der Waals surface area contributed by atoms with Crippen LogP contribution in [-0.4, -0.2) is 38.9 Å². The molecule has 1 aliphatic heterocycles. The van der Waals surface area contributed by atoms with E-state index in [1.165, 1.54) is 18.2 Å². The predicted molar refractivity (Wildman–Crippen MR) is 94.2 cm³/mol. The van der Waals surface area contributed by atoms with Gasteiger partial charge in [-0.25, -0.2) is 4.79 Å². The summed E-state index contributed by atoms with van der Waals surface area (Å²) in [4.78, 5) is 14.1. The van der Waals surface area contributed by atoms with Crippen molar-refractivity contribution in [3.05, 3.63) is 47.0 Å². The zero-order valence-electron chi connectivity index (χ0n) is 14.7. The molecule has 1 amide bonds. The van der Waals surface area contributed by atoms with Crippen LogP contribution in [0.2, 0.25) is 0 Å². The van der Waals surface area contributed by atoms with Crippen molar-refractivity contribution in [3.8, 4) is 22.6 Å². The van der Waals surface area contributed by atoms with Gasteiger partial charge in [-0.05, 0) is 41.2 Å². The Balaban J connectivity index is 2.02. The third-order valence-electron chi connectivity index (χ3n) is 5.24. The molecule has 0 spiro atoms. The first kappa shape index (κ1) is 15.8. The van der Waals surface area contributed by atoms with Crippen LogP contribution < -0.4 is 9.47 Å². The quantitative estimate of drug-likeness (QED) is 0.839. The number of carbonyl (C=O) groups is 1. The van der Waals surface area contributed by atoms with Crippen LogP contribution in [0.3, 0.4) is 0 Å². The lowest BCUT2D eigenvalue weighted by Gasteiger charge is -2.41. The molecule has 5 nitrogen and oxygen atoms in total. The second kappa shape index (κ2) is 5.99. The van der Waals surface area contributed by atoms with Crippen molar-refractivity contribution in [1.82, 2.24) is 4.90 Å². The lowest BCUT2D eigenvalue weighted by molar-refractivity contribution is 0.100. The zero-order valence-corrected chi connectivity index (χ0v) is 14.7. The van der Waals surface area contributed by atoms with E-state index in [-0.39, 0.29) is 12.1 Å². The molecule has 1 atom stereocenters. The van der Waals surface area contributed by atoms with E-state index in [0.29, 0.717) is 6.54 Å². The topological polar surface area (TPSA) is 48.0 Å². The second-order valence-corrected chi connectivity index (χ2v) is 6.35. The van der Waals surface area contributed by atoms with E-state index in [0.717, 1.165) is 41.0 Å². The third-order valence-corrected chi connectivity index (χ3v) is 5.24. The maximum Gasteiger partial charge on any atom is 0.410 e. The summed E-state index contributed by atoms with van der Waals surface area (Å²) in [5.41, 5.74) is 5.77. The van der Waals surface area contributed by atoms with Gasteiger partial charge in [0.05, 0.1) is 27.4 Å². The molecule has 0 unspecified atom stereocenters. The zero-order chi connectivity index (χ0) is 17.6. The van der Waals surface area contributed by atoms with Crippen LogP contribution in [0, 0.1) is 0 Å². The average Bonchev–Trinajstić information content (AvgIpc) is 2.66. The molecule has 2 aromatic carbocycles. The number of amides is 1. The fraction of sp³-hybridized carbons (Fsp3) is 0.350. The molecule has 0 saturated heterocycles. The van der Waals surface area contributed by atoms with Crippen LogP contribution in [0.1, 0.15) is 22.7 Å². The summed E-state index contributed by atoms with van der Waals surface area (Å²) in [6.07, 6.45) is 1.27. The van der Waals surface area contributed by atoms with E-state index >= 15 is 0 Å². The van der Waals surface area contributed by atoms with E-state index < -0.39 is 0 Å². The molecule has 2 aliphatic rings. The fourth-order valence-electron chi connectivity index (χ4n) is 4.17. The van der Waals surface area contributed by atoms with E-state index in [2.05, 4.69) is 12.1 Å². The number of hydrogen-bond acceptors (Lipinski definition) is 4. The van der Waals surface area contributed by atoms with Gasteiger partial charge in [0.2, 0.25) is 0 Å². The smallest absolute Gasteiger partial charge is 0.410 e. The van der Waals surface area contributed by atoms with Gasteiger partial charge < -0.3 is 19.1 Å². The molecule has 1 aliphatic carbocycles. The Bertz CT molecular complexity index is 846. The first-order valence-electron chi connectivity index (χ1n) is 8.40. The highest BCUT2D eigenvalue weighted by Crippen LogP contribution is 2.52. The summed E-state index contributed by atoms with van der Waals surface area (Å²) in [5.74, 6) is 1.46. The van der Waals surface area contributed by atoms with Gasteiger partial charge in [-0.2, -0.15) is 0 Å². The monoisotopic (exact) mass is 339 g/mol. The Labute approximate surface area is 147 Å². The van der Waals surface area contributed by atoms with Gasteiger partial charge in [-0.15, -0.1) is 0 Å². The molecule has 130 valence electrons. The number of methoxy groups -OCH3 is 3. The average molecular weight is 339 g/mol. The molecule has 4 rings (SSSR count). The van der Waals surface area contributed by atoms with Gasteiger partial charge in [0.1, 0.15) is 0 Å². The molecule has 0 radical (unpaired) electrons. The molecule has 0 fully saturated rings. The third kappa shape index (κ3) is 2.26. The van der Waals surface area contributed by atoms with E-state index in [4.69, 9.17) is 14.2 Å². The van der Waals surface area contributed by atoms with Crippen LogP contribution in [0.5, 0.6) is 11.5 Å². The largest absolute Gasteiger partial charge is 0.493 e. The summed E-state index contributed by atoms with van der Waals surface area (Å²) >= 11 is 0. The molecule has 2 aromatic rings. The molecular formula is C20H21NO4. The van der Waals surface area contributed by atoms with Crippen LogP contribution in [-0.2, 0) is 17.6 Å². The first-order chi connectivity index (χ1) is 12.2. The summed E-state index contributed by atoms with van der Waals surface area (Å²) < 4.78 is 16.3. The summed E-state index contributed by atoms with van der Waals surface area (Å²) in [7, 11) is 4.75. The van der Waals surface area contributed by atoms with Crippen molar-refractivity contribution in [2.75, 3.05) is 27.9 Å². The Morgan fingerprint density at radius 1 is 1.12 bits per heavy atom. The maximum absolute atomic E-state index is 12.3. The van der Waals surface area contributed by atoms with Crippen molar-refractivity contribution >= 4 is 6.09 Å². The molecule has 1 heterocycles. The normalized spacial score (nSPS) is 17.4. The Morgan fingerprint density at radius 2 is 1.92 bits per heavy atom. The van der Waals surface area contributed by atoms with Gasteiger partial charge in [0.25, 0.3) is 0 Å². The minimum atomic E-state index is -0.282. The highest BCUT2D eigenvalue weighted by molar-refractivity contribution is 5.84. The van der Waals surface area contributed by atoms with E-state index in [9.17, 15) is 4.79 Å². The summed E-state index contributed by atoms with van der Waals surface area (Å²) in [6.45, 7) is 0.640. The van der Waals surface area contributed by atoms with Crippen molar-refractivity contribution in [2.45, 2.75) is 18.9 Å². The number of nitrogens with zero attached hydrogens (tertiary/aromatic N) is 1. The molecule has 0 saturated carbocycles. The molecule has 0 aromatic heterocycles. The summed E-state index contributed by atoms with van der Waals surface area (Å²) in [6, 6.07) is 10.3. The number of benzene rings is 2. The highest BCUT2D eigenvalue weighted by atomic mass is 16.5. The van der Waals surface area contributed by atoms with Gasteiger partial charge in [0.15, 0.2) is 11.5 Å². The van der Waals surface area contributed by atoms with Crippen LogP contribution >= 0.6 is 0 Å². The van der Waals surface area contributed by atoms with Gasteiger partial charge in [-0.1, -0.05) is 24.3 Å². The van der Waals surface area contributed by atoms with Gasteiger partial charge in [0, 0.05) is 12.1 Å². The first-order valence-corrected chi connectivity index (χ1v) is 8.40.